The summed E-state index contributed by atoms with van der Waals surface area (Å²) in [5, 5.41) is 9.45. The Labute approximate surface area is 112 Å². The molecule has 0 bridgehead atoms. The summed E-state index contributed by atoms with van der Waals surface area (Å²) >= 11 is 0. The Morgan fingerprint density at radius 3 is 2.21 bits per heavy atom. The van der Waals surface area contributed by atoms with Crippen LogP contribution in [-0.4, -0.2) is 27.9 Å². The smallest absolute Gasteiger partial charge is 0.327 e. The molecule has 0 radical (unpaired) electrons. The quantitative estimate of drug-likeness (QED) is 0.888. The van der Waals surface area contributed by atoms with Crippen molar-refractivity contribution < 1.29 is 14.7 Å². The lowest BCUT2D eigenvalue weighted by Crippen LogP contribution is -2.48. The maximum atomic E-state index is 12.4. The van der Waals surface area contributed by atoms with Gasteiger partial charge in [-0.1, -0.05) is 45.5 Å². The normalized spacial score (nSPS) is 16.5. The Morgan fingerprint density at radius 2 is 1.79 bits per heavy atom. The molecule has 0 saturated heterocycles. The minimum absolute atomic E-state index is 0.289. The highest BCUT2D eigenvalue weighted by Gasteiger charge is 2.44. The summed E-state index contributed by atoms with van der Waals surface area (Å²) in [5.41, 5.74) is 1.11. The number of carbonyl (C=O) groups is 2. The van der Waals surface area contributed by atoms with Crippen molar-refractivity contribution in [1.82, 2.24) is 4.90 Å². The standard InChI is InChI=1S/C15H17NO3/c1-9-10-7-5-6-8-11(10)13(17)16(9)12(14(18)19)15(2,3)4/h5-8,12H,1H2,2-4H3,(H,18,19). The first-order valence-corrected chi connectivity index (χ1v) is 6.10. The van der Waals surface area contributed by atoms with Crippen molar-refractivity contribution in [2.75, 3.05) is 0 Å². The fraction of sp³-hybridized carbons (Fsp3) is 0.333. The molecule has 1 heterocycles. The minimum Gasteiger partial charge on any atom is -0.480 e. The molecule has 1 aliphatic rings. The third-order valence-corrected chi connectivity index (χ3v) is 3.29. The lowest BCUT2D eigenvalue weighted by Gasteiger charge is -2.35. The molecule has 1 N–H and O–H groups in total. The van der Waals surface area contributed by atoms with Gasteiger partial charge in [-0.15, -0.1) is 0 Å². The first-order valence-electron chi connectivity index (χ1n) is 6.10. The summed E-state index contributed by atoms with van der Waals surface area (Å²) in [7, 11) is 0. The summed E-state index contributed by atoms with van der Waals surface area (Å²) in [6.07, 6.45) is 0. The Hall–Kier alpha value is -2.10. The van der Waals surface area contributed by atoms with Crippen LogP contribution in [-0.2, 0) is 4.79 Å². The Balaban J connectivity index is 2.52. The van der Waals surface area contributed by atoms with E-state index < -0.39 is 17.4 Å². The zero-order valence-electron chi connectivity index (χ0n) is 11.3. The highest BCUT2D eigenvalue weighted by Crippen LogP contribution is 2.37. The lowest BCUT2D eigenvalue weighted by molar-refractivity contribution is -0.144. The zero-order valence-corrected chi connectivity index (χ0v) is 11.3. The van der Waals surface area contributed by atoms with Crippen molar-refractivity contribution in [2.45, 2.75) is 26.8 Å². The van der Waals surface area contributed by atoms with E-state index >= 15 is 0 Å². The van der Waals surface area contributed by atoms with E-state index in [9.17, 15) is 14.7 Å². The van der Waals surface area contributed by atoms with Gasteiger partial charge >= 0.3 is 5.97 Å². The number of rotatable bonds is 2. The van der Waals surface area contributed by atoms with Crippen molar-refractivity contribution in [2.24, 2.45) is 5.41 Å². The molecule has 100 valence electrons. The zero-order chi connectivity index (χ0) is 14.4. The van der Waals surface area contributed by atoms with E-state index in [4.69, 9.17) is 0 Å². The average Bonchev–Trinajstić information content (AvgIpc) is 2.53. The molecule has 0 saturated carbocycles. The summed E-state index contributed by atoms with van der Waals surface area (Å²) < 4.78 is 0. The molecule has 1 atom stereocenters. The van der Waals surface area contributed by atoms with Crippen LogP contribution < -0.4 is 0 Å². The van der Waals surface area contributed by atoms with E-state index in [-0.39, 0.29) is 5.91 Å². The van der Waals surface area contributed by atoms with E-state index in [2.05, 4.69) is 6.58 Å². The van der Waals surface area contributed by atoms with Crippen LogP contribution in [0.25, 0.3) is 5.70 Å². The van der Waals surface area contributed by atoms with Crippen LogP contribution in [0.3, 0.4) is 0 Å². The largest absolute Gasteiger partial charge is 0.480 e. The molecule has 4 nitrogen and oxygen atoms in total. The molecule has 4 heteroatoms. The highest BCUT2D eigenvalue weighted by molar-refractivity contribution is 6.10. The van der Waals surface area contributed by atoms with Gasteiger partial charge in [0.2, 0.25) is 0 Å². The van der Waals surface area contributed by atoms with Crippen molar-refractivity contribution in [3.05, 3.63) is 42.0 Å². The minimum atomic E-state index is -1.02. The Morgan fingerprint density at radius 1 is 1.26 bits per heavy atom. The molecule has 19 heavy (non-hydrogen) atoms. The molecule has 1 aromatic rings. The number of hydrogen-bond donors (Lipinski definition) is 1. The molecular formula is C15H17NO3. The number of carboxylic acids is 1. The number of amides is 1. The van der Waals surface area contributed by atoms with E-state index in [0.29, 0.717) is 16.8 Å². The summed E-state index contributed by atoms with van der Waals surface area (Å²) in [6, 6.07) is 6.13. The Bertz CT molecular complexity index is 534. The van der Waals surface area contributed by atoms with Gasteiger partial charge in [-0.05, 0) is 11.5 Å². The van der Waals surface area contributed by atoms with Gasteiger partial charge in [-0.3, -0.25) is 9.69 Å². The van der Waals surface area contributed by atoms with Gasteiger partial charge in [0.15, 0.2) is 0 Å². The highest BCUT2D eigenvalue weighted by atomic mass is 16.4. The van der Waals surface area contributed by atoms with Crippen LogP contribution >= 0.6 is 0 Å². The van der Waals surface area contributed by atoms with Crippen LogP contribution in [0.1, 0.15) is 36.7 Å². The summed E-state index contributed by atoms with van der Waals surface area (Å²) in [5.74, 6) is -1.31. The summed E-state index contributed by atoms with van der Waals surface area (Å²) in [6.45, 7) is 9.29. The second-order valence-corrected chi connectivity index (χ2v) is 5.77. The van der Waals surface area contributed by atoms with E-state index in [1.807, 2.05) is 6.07 Å². The number of aliphatic carboxylic acids is 1. The number of carbonyl (C=O) groups excluding carboxylic acids is 1. The summed E-state index contributed by atoms with van der Waals surface area (Å²) in [4.78, 5) is 25.2. The predicted octanol–water partition coefficient (Wildman–Crippen LogP) is 2.61. The van der Waals surface area contributed by atoms with Crippen LogP contribution in [0.4, 0.5) is 0 Å². The molecule has 0 aliphatic carbocycles. The van der Waals surface area contributed by atoms with E-state index in [1.165, 1.54) is 4.90 Å². The fourth-order valence-electron chi connectivity index (χ4n) is 2.44. The van der Waals surface area contributed by atoms with Crippen LogP contribution in [0.15, 0.2) is 30.8 Å². The SMILES string of the molecule is C=C1c2ccccc2C(=O)N1C(C(=O)O)C(C)(C)C. The number of carboxylic acid groups (broad SMARTS) is 1. The second-order valence-electron chi connectivity index (χ2n) is 5.77. The maximum absolute atomic E-state index is 12.4. The first-order chi connectivity index (χ1) is 8.75. The van der Waals surface area contributed by atoms with Crippen molar-refractivity contribution in [1.29, 1.82) is 0 Å². The maximum Gasteiger partial charge on any atom is 0.327 e. The van der Waals surface area contributed by atoms with Crippen LogP contribution in [0.5, 0.6) is 0 Å². The fourth-order valence-corrected chi connectivity index (χ4v) is 2.44. The van der Waals surface area contributed by atoms with Gasteiger partial charge in [-0.25, -0.2) is 4.79 Å². The molecule has 1 aromatic carbocycles. The molecule has 1 amide bonds. The number of hydrogen-bond acceptors (Lipinski definition) is 2. The van der Waals surface area contributed by atoms with Gasteiger partial charge in [-0.2, -0.15) is 0 Å². The molecule has 0 fully saturated rings. The van der Waals surface area contributed by atoms with Gasteiger partial charge in [0.1, 0.15) is 6.04 Å². The molecule has 0 spiro atoms. The molecule has 2 rings (SSSR count). The topological polar surface area (TPSA) is 57.6 Å². The van der Waals surface area contributed by atoms with Crippen LogP contribution in [0, 0.1) is 5.41 Å². The monoisotopic (exact) mass is 259 g/mol. The average molecular weight is 259 g/mol. The lowest BCUT2D eigenvalue weighted by atomic mass is 9.85. The number of benzene rings is 1. The van der Waals surface area contributed by atoms with Gasteiger partial charge in [0.25, 0.3) is 5.91 Å². The van der Waals surface area contributed by atoms with Crippen LogP contribution in [0.2, 0.25) is 0 Å². The molecule has 1 aliphatic heterocycles. The Kier molecular flexibility index (Phi) is 2.97. The van der Waals surface area contributed by atoms with Crippen molar-refractivity contribution in [3.63, 3.8) is 0 Å². The second kappa shape index (κ2) is 4.23. The van der Waals surface area contributed by atoms with Crippen molar-refractivity contribution >= 4 is 17.6 Å². The van der Waals surface area contributed by atoms with E-state index in [0.717, 1.165) is 0 Å². The first kappa shape index (κ1) is 13.3. The van der Waals surface area contributed by atoms with Gasteiger partial charge in [0.05, 0.1) is 0 Å². The number of nitrogens with zero attached hydrogens (tertiary/aromatic N) is 1. The molecular weight excluding hydrogens is 242 g/mol. The predicted molar refractivity (Wildman–Crippen MR) is 72.5 cm³/mol. The third-order valence-electron chi connectivity index (χ3n) is 3.29. The molecule has 1 unspecified atom stereocenters. The van der Waals surface area contributed by atoms with Crippen molar-refractivity contribution in [3.8, 4) is 0 Å². The van der Waals surface area contributed by atoms with Gasteiger partial charge in [0, 0.05) is 16.8 Å². The van der Waals surface area contributed by atoms with E-state index in [1.54, 1.807) is 39.0 Å². The molecule has 0 aromatic heterocycles. The number of fused-ring (bicyclic) bond motifs is 1. The van der Waals surface area contributed by atoms with Gasteiger partial charge < -0.3 is 5.11 Å². The third kappa shape index (κ3) is 2.03.